The molecule has 2 rings (SSSR count). The first-order chi connectivity index (χ1) is 9.97. The fourth-order valence-corrected chi connectivity index (χ4v) is 2.36. The Kier molecular flexibility index (Phi) is 4.74. The number of benzene rings is 1. The van der Waals surface area contributed by atoms with Gasteiger partial charge in [0.05, 0.1) is 18.2 Å². The summed E-state index contributed by atoms with van der Waals surface area (Å²) in [5.74, 6) is -0.377. The van der Waals surface area contributed by atoms with Crippen molar-refractivity contribution in [3.63, 3.8) is 0 Å². The molecule has 7 heteroatoms. The van der Waals surface area contributed by atoms with Gasteiger partial charge in [-0.3, -0.25) is 4.79 Å². The van der Waals surface area contributed by atoms with Crippen molar-refractivity contribution >= 4 is 23.5 Å². The molecule has 1 amide bonds. The Morgan fingerprint density at radius 3 is 2.67 bits per heavy atom. The van der Waals surface area contributed by atoms with Crippen LogP contribution < -0.4 is 5.43 Å². The quantitative estimate of drug-likeness (QED) is 0.682. The highest BCUT2D eigenvalue weighted by Gasteiger charge is 2.32. The van der Waals surface area contributed by atoms with Gasteiger partial charge >= 0.3 is 6.18 Å². The van der Waals surface area contributed by atoms with Crippen molar-refractivity contribution in [2.75, 3.05) is 0 Å². The molecular formula is C14H11F3N2OS. The zero-order valence-electron chi connectivity index (χ0n) is 10.7. The molecule has 21 heavy (non-hydrogen) atoms. The van der Waals surface area contributed by atoms with Crippen LogP contribution in [0.2, 0.25) is 0 Å². The molecule has 0 atom stereocenters. The minimum atomic E-state index is -4.45. The van der Waals surface area contributed by atoms with E-state index in [0.29, 0.717) is 0 Å². The number of nitrogens with one attached hydrogen (secondary N) is 1. The van der Waals surface area contributed by atoms with Gasteiger partial charge in [0.1, 0.15) is 0 Å². The smallest absolute Gasteiger partial charge is 0.273 e. The van der Waals surface area contributed by atoms with Gasteiger partial charge in [0.2, 0.25) is 5.91 Å². The fourth-order valence-electron chi connectivity index (χ4n) is 1.65. The average Bonchev–Trinajstić information content (AvgIpc) is 2.91. The number of alkyl halides is 3. The molecule has 1 aromatic carbocycles. The maximum absolute atomic E-state index is 12.7. The minimum Gasteiger partial charge on any atom is -0.273 e. The van der Waals surface area contributed by atoms with Gasteiger partial charge in [-0.05, 0) is 17.5 Å². The van der Waals surface area contributed by atoms with Gasteiger partial charge in [0.15, 0.2) is 0 Å². The van der Waals surface area contributed by atoms with Crippen LogP contribution in [-0.4, -0.2) is 12.1 Å². The van der Waals surface area contributed by atoms with Crippen LogP contribution in [0.1, 0.15) is 16.0 Å². The maximum atomic E-state index is 12.7. The van der Waals surface area contributed by atoms with E-state index < -0.39 is 11.7 Å². The molecule has 3 nitrogen and oxygen atoms in total. The van der Waals surface area contributed by atoms with Crippen molar-refractivity contribution in [3.8, 4) is 0 Å². The highest BCUT2D eigenvalue weighted by molar-refractivity contribution is 7.10. The molecule has 0 aliphatic carbocycles. The van der Waals surface area contributed by atoms with Gasteiger partial charge < -0.3 is 0 Å². The van der Waals surface area contributed by atoms with Crippen molar-refractivity contribution in [2.45, 2.75) is 12.6 Å². The van der Waals surface area contributed by atoms with E-state index >= 15 is 0 Å². The van der Waals surface area contributed by atoms with Gasteiger partial charge in [-0.1, -0.05) is 24.3 Å². The van der Waals surface area contributed by atoms with Crippen LogP contribution in [0.15, 0.2) is 46.9 Å². The van der Waals surface area contributed by atoms with E-state index in [4.69, 9.17) is 0 Å². The molecule has 1 heterocycles. The number of hydrogen-bond acceptors (Lipinski definition) is 3. The molecule has 0 bridgehead atoms. The Morgan fingerprint density at radius 1 is 1.24 bits per heavy atom. The molecule has 0 saturated heterocycles. The molecule has 0 radical (unpaired) electrons. The lowest BCUT2D eigenvalue weighted by molar-refractivity contribution is -0.137. The number of rotatable bonds is 4. The standard InChI is InChI=1S/C14H11F3N2OS/c15-14(16,17)12-6-2-1-4-10(12)9-18-19-13(20)8-11-5-3-7-21-11/h1-7,9H,8H2,(H,19,20)/b18-9-. The second-order valence-electron chi connectivity index (χ2n) is 4.13. The van der Waals surface area contributed by atoms with Gasteiger partial charge in [-0.15, -0.1) is 11.3 Å². The second kappa shape index (κ2) is 6.53. The number of halogens is 3. The van der Waals surface area contributed by atoms with Crippen molar-refractivity contribution in [2.24, 2.45) is 5.10 Å². The molecule has 2 aromatic rings. The molecule has 0 spiro atoms. The van der Waals surface area contributed by atoms with Crippen LogP contribution in [0, 0.1) is 0 Å². The normalized spacial score (nSPS) is 11.8. The molecule has 1 aromatic heterocycles. The minimum absolute atomic E-state index is 0.0959. The molecule has 0 unspecified atom stereocenters. The molecule has 0 saturated carbocycles. The van der Waals surface area contributed by atoms with Gasteiger partial charge in [0.25, 0.3) is 0 Å². The Labute approximate surface area is 123 Å². The number of thiophene rings is 1. The molecule has 0 fully saturated rings. The van der Waals surface area contributed by atoms with Crippen molar-refractivity contribution < 1.29 is 18.0 Å². The number of amides is 1. The largest absolute Gasteiger partial charge is 0.417 e. The SMILES string of the molecule is O=C(Cc1cccs1)N/N=C\c1ccccc1C(F)(F)F. The summed E-state index contributed by atoms with van der Waals surface area (Å²) < 4.78 is 38.2. The lowest BCUT2D eigenvalue weighted by atomic mass is 10.1. The third-order valence-electron chi connectivity index (χ3n) is 2.57. The van der Waals surface area contributed by atoms with Crippen LogP contribution in [0.4, 0.5) is 13.2 Å². The number of nitrogens with zero attached hydrogens (tertiary/aromatic N) is 1. The molecule has 0 aliphatic rings. The zero-order chi connectivity index (χ0) is 15.3. The van der Waals surface area contributed by atoms with Gasteiger partial charge in [0, 0.05) is 10.4 Å². The summed E-state index contributed by atoms with van der Waals surface area (Å²) in [5, 5.41) is 5.42. The fraction of sp³-hybridized carbons (Fsp3) is 0.143. The lowest BCUT2D eigenvalue weighted by Gasteiger charge is -2.09. The number of hydrazone groups is 1. The Balaban J connectivity index is 2.00. The highest BCUT2D eigenvalue weighted by atomic mass is 32.1. The van der Waals surface area contributed by atoms with Crippen LogP contribution in [0.3, 0.4) is 0 Å². The Morgan fingerprint density at radius 2 is 2.00 bits per heavy atom. The van der Waals surface area contributed by atoms with Crippen LogP contribution >= 0.6 is 11.3 Å². The maximum Gasteiger partial charge on any atom is 0.417 e. The van der Waals surface area contributed by atoms with Crippen molar-refractivity contribution in [3.05, 3.63) is 57.8 Å². The Hall–Kier alpha value is -2.15. The van der Waals surface area contributed by atoms with Crippen molar-refractivity contribution in [1.82, 2.24) is 5.43 Å². The number of hydrogen-bond donors (Lipinski definition) is 1. The Bertz CT molecular complexity index is 636. The summed E-state index contributed by atoms with van der Waals surface area (Å²) in [6.07, 6.45) is -3.31. The summed E-state index contributed by atoms with van der Waals surface area (Å²) in [7, 11) is 0. The third-order valence-corrected chi connectivity index (χ3v) is 3.45. The monoisotopic (exact) mass is 312 g/mol. The van der Waals surface area contributed by atoms with E-state index in [2.05, 4.69) is 10.5 Å². The highest BCUT2D eigenvalue weighted by Crippen LogP contribution is 2.30. The molecule has 1 N–H and O–H groups in total. The van der Waals surface area contributed by atoms with E-state index in [1.165, 1.54) is 29.5 Å². The van der Waals surface area contributed by atoms with E-state index in [-0.39, 0.29) is 17.9 Å². The first-order valence-electron chi connectivity index (χ1n) is 5.97. The van der Waals surface area contributed by atoms with E-state index in [1.807, 2.05) is 11.4 Å². The second-order valence-corrected chi connectivity index (χ2v) is 5.17. The van der Waals surface area contributed by atoms with E-state index in [0.717, 1.165) is 17.2 Å². The first kappa shape index (κ1) is 15.2. The average molecular weight is 312 g/mol. The summed E-state index contributed by atoms with van der Waals surface area (Å²) in [5.41, 5.74) is 1.33. The number of carbonyl (C=O) groups is 1. The number of carbonyl (C=O) groups excluding carboxylic acids is 1. The zero-order valence-corrected chi connectivity index (χ0v) is 11.5. The van der Waals surface area contributed by atoms with E-state index in [1.54, 1.807) is 6.07 Å². The third kappa shape index (κ3) is 4.42. The summed E-state index contributed by atoms with van der Waals surface area (Å²) in [4.78, 5) is 12.4. The first-order valence-corrected chi connectivity index (χ1v) is 6.85. The molecule has 0 aliphatic heterocycles. The van der Waals surface area contributed by atoms with Gasteiger partial charge in [-0.25, -0.2) is 5.43 Å². The lowest BCUT2D eigenvalue weighted by Crippen LogP contribution is -2.19. The summed E-state index contributed by atoms with van der Waals surface area (Å²) >= 11 is 1.43. The van der Waals surface area contributed by atoms with Crippen molar-refractivity contribution in [1.29, 1.82) is 0 Å². The predicted molar refractivity (Wildman–Crippen MR) is 75.2 cm³/mol. The van der Waals surface area contributed by atoms with Crippen LogP contribution in [-0.2, 0) is 17.4 Å². The topological polar surface area (TPSA) is 41.5 Å². The van der Waals surface area contributed by atoms with Gasteiger partial charge in [-0.2, -0.15) is 18.3 Å². The van der Waals surface area contributed by atoms with Crippen LogP contribution in [0.25, 0.3) is 0 Å². The molecule has 110 valence electrons. The van der Waals surface area contributed by atoms with E-state index in [9.17, 15) is 18.0 Å². The predicted octanol–water partition coefficient (Wildman–Crippen LogP) is 3.46. The molecular weight excluding hydrogens is 301 g/mol. The van der Waals surface area contributed by atoms with Crippen LogP contribution in [0.5, 0.6) is 0 Å². The summed E-state index contributed by atoms with van der Waals surface area (Å²) in [6.45, 7) is 0. The summed E-state index contributed by atoms with van der Waals surface area (Å²) in [6, 6.07) is 8.65.